The lowest BCUT2D eigenvalue weighted by Gasteiger charge is -2.20. The molecule has 0 aliphatic rings. The maximum atomic E-state index is 12.7. The molecule has 0 aliphatic carbocycles. The lowest BCUT2D eigenvalue weighted by atomic mass is 10.1. The summed E-state index contributed by atoms with van der Waals surface area (Å²) in [6, 6.07) is 15.1. The zero-order valence-corrected chi connectivity index (χ0v) is 18.2. The molecule has 2 amide bonds. The lowest BCUT2D eigenvalue weighted by molar-refractivity contribution is -0.131. The van der Waals surface area contributed by atoms with Gasteiger partial charge in [0.05, 0.1) is 17.5 Å². The predicted octanol–water partition coefficient (Wildman–Crippen LogP) is 3.46. The molecule has 0 saturated carbocycles. The van der Waals surface area contributed by atoms with Crippen molar-refractivity contribution in [2.24, 2.45) is 0 Å². The molecule has 0 saturated heterocycles. The molecule has 0 bridgehead atoms. The zero-order chi connectivity index (χ0) is 21.5. The molecular weight excluding hydrogens is 400 g/mol. The van der Waals surface area contributed by atoms with E-state index in [4.69, 9.17) is 16.6 Å². The molecule has 0 unspecified atom stereocenters. The Morgan fingerprint density at radius 2 is 1.77 bits per heavy atom. The number of benzene rings is 2. The van der Waals surface area contributed by atoms with Crippen LogP contribution in [0.4, 0.5) is 0 Å². The zero-order valence-electron chi connectivity index (χ0n) is 17.4. The fourth-order valence-electron chi connectivity index (χ4n) is 3.50. The van der Waals surface area contributed by atoms with Crippen LogP contribution in [-0.4, -0.2) is 45.9 Å². The van der Waals surface area contributed by atoms with E-state index >= 15 is 0 Å². The topological polar surface area (TPSA) is 67.2 Å². The fraction of sp³-hybridized carbons (Fsp3) is 0.348. The monoisotopic (exact) mass is 426 g/mol. The van der Waals surface area contributed by atoms with Gasteiger partial charge in [-0.3, -0.25) is 9.59 Å². The van der Waals surface area contributed by atoms with Gasteiger partial charge in [-0.1, -0.05) is 41.9 Å². The third-order valence-corrected chi connectivity index (χ3v) is 5.49. The number of likely N-dealkylation sites (N-methyl/N-ethyl adjacent to an activating group) is 1. The highest BCUT2D eigenvalue weighted by atomic mass is 35.5. The van der Waals surface area contributed by atoms with E-state index in [9.17, 15) is 9.59 Å². The number of imidazole rings is 1. The molecule has 1 aromatic heterocycles. The van der Waals surface area contributed by atoms with Gasteiger partial charge in [0, 0.05) is 31.1 Å². The first-order chi connectivity index (χ1) is 14.5. The van der Waals surface area contributed by atoms with Crippen molar-refractivity contribution in [1.29, 1.82) is 0 Å². The molecule has 0 fully saturated rings. The van der Waals surface area contributed by atoms with Gasteiger partial charge < -0.3 is 14.8 Å². The molecule has 0 spiro atoms. The van der Waals surface area contributed by atoms with Gasteiger partial charge in [-0.25, -0.2) is 4.98 Å². The summed E-state index contributed by atoms with van der Waals surface area (Å²) < 4.78 is 1.95. The van der Waals surface area contributed by atoms with Crippen LogP contribution in [0.15, 0.2) is 48.5 Å². The Kier molecular flexibility index (Phi) is 7.46. The number of nitrogens with zero attached hydrogens (tertiary/aromatic N) is 3. The van der Waals surface area contributed by atoms with Crippen LogP contribution in [0.2, 0.25) is 5.02 Å². The number of halogens is 1. The van der Waals surface area contributed by atoms with Crippen LogP contribution in [0.3, 0.4) is 0 Å². The van der Waals surface area contributed by atoms with Crippen molar-refractivity contribution in [1.82, 2.24) is 19.8 Å². The maximum absolute atomic E-state index is 12.7. The summed E-state index contributed by atoms with van der Waals surface area (Å²) in [6.07, 6.45) is 0.769. The van der Waals surface area contributed by atoms with Crippen molar-refractivity contribution >= 4 is 34.4 Å². The largest absolute Gasteiger partial charge is 0.355 e. The van der Waals surface area contributed by atoms with Crippen LogP contribution in [-0.2, 0) is 29.0 Å². The van der Waals surface area contributed by atoms with Crippen molar-refractivity contribution in [2.45, 2.75) is 33.2 Å². The van der Waals surface area contributed by atoms with Gasteiger partial charge in [0.1, 0.15) is 12.4 Å². The number of aromatic nitrogens is 2. The van der Waals surface area contributed by atoms with Gasteiger partial charge in [0.15, 0.2) is 0 Å². The summed E-state index contributed by atoms with van der Waals surface area (Å²) in [5, 5.41) is 3.52. The summed E-state index contributed by atoms with van der Waals surface area (Å²) in [5.41, 5.74) is 2.58. The van der Waals surface area contributed by atoms with Gasteiger partial charge in [-0.2, -0.15) is 0 Å². The van der Waals surface area contributed by atoms with Crippen LogP contribution in [0.25, 0.3) is 11.0 Å². The highest BCUT2D eigenvalue weighted by molar-refractivity contribution is 6.31. The van der Waals surface area contributed by atoms with Crippen LogP contribution < -0.4 is 5.32 Å². The number of amides is 2. The Hall–Kier alpha value is -2.86. The number of hydrogen-bond donors (Lipinski definition) is 1. The van der Waals surface area contributed by atoms with Crippen molar-refractivity contribution < 1.29 is 9.59 Å². The van der Waals surface area contributed by atoms with Crippen molar-refractivity contribution in [3.05, 3.63) is 64.9 Å². The Morgan fingerprint density at radius 3 is 2.50 bits per heavy atom. The van der Waals surface area contributed by atoms with Gasteiger partial charge in [-0.05, 0) is 37.6 Å². The lowest BCUT2D eigenvalue weighted by Crippen LogP contribution is -2.34. The SMILES string of the molecule is CCN(CC)C(=O)Cn1c(CCNC(=O)Cc2ccccc2Cl)nc2ccccc21. The Morgan fingerprint density at radius 1 is 1.07 bits per heavy atom. The molecule has 2 aromatic carbocycles. The molecule has 0 atom stereocenters. The van der Waals surface area contributed by atoms with Crippen LogP contribution in [0.1, 0.15) is 25.2 Å². The van der Waals surface area contributed by atoms with E-state index < -0.39 is 0 Å². The van der Waals surface area contributed by atoms with Crippen molar-refractivity contribution in [3.63, 3.8) is 0 Å². The van der Waals surface area contributed by atoms with Gasteiger partial charge in [0.25, 0.3) is 0 Å². The molecule has 1 heterocycles. The van der Waals surface area contributed by atoms with E-state index in [1.165, 1.54) is 0 Å². The van der Waals surface area contributed by atoms with E-state index in [0.717, 1.165) is 22.4 Å². The number of carbonyl (C=O) groups excluding carboxylic acids is 2. The third-order valence-electron chi connectivity index (χ3n) is 5.12. The summed E-state index contributed by atoms with van der Waals surface area (Å²) in [6.45, 7) is 5.98. The molecule has 158 valence electrons. The summed E-state index contributed by atoms with van der Waals surface area (Å²) >= 11 is 6.13. The molecule has 0 radical (unpaired) electrons. The number of fused-ring (bicyclic) bond motifs is 1. The first-order valence-corrected chi connectivity index (χ1v) is 10.6. The Labute approximate surface area is 181 Å². The second kappa shape index (κ2) is 10.3. The van der Waals surface area contributed by atoms with Gasteiger partial charge in [-0.15, -0.1) is 0 Å². The minimum Gasteiger partial charge on any atom is -0.355 e. The van der Waals surface area contributed by atoms with E-state index in [-0.39, 0.29) is 24.8 Å². The maximum Gasteiger partial charge on any atom is 0.242 e. The van der Waals surface area contributed by atoms with Crippen molar-refractivity contribution in [3.8, 4) is 0 Å². The Balaban J connectivity index is 1.68. The first kappa shape index (κ1) is 21.8. The van der Waals surface area contributed by atoms with E-state index in [1.54, 1.807) is 6.07 Å². The van der Waals surface area contributed by atoms with E-state index in [1.807, 2.05) is 65.8 Å². The quantitative estimate of drug-likeness (QED) is 0.569. The normalized spacial score (nSPS) is 10.9. The first-order valence-electron chi connectivity index (χ1n) is 10.3. The van der Waals surface area contributed by atoms with Crippen molar-refractivity contribution in [2.75, 3.05) is 19.6 Å². The number of nitrogens with one attached hydrogen (secondary N) is 1. The molecule has 6 nitrogen and oxygen atoms in total. The molecule has 7 heteroatoms. The second-order valence-electron chi connectivity index (χ2n) is 7.04. The highest BCUT2D eigenvalue weighted by Crippen LogP contribution is 2.17. The van der Waals surface area contributed by atoms with Crippen LogP contribution in [0, 0.1) is 0 Å². The molecule has 3 aromatic rings. The smallest absolute Gasteiger partial charge is 0.242 e. The second-order valence-corrected chi connectivity index (χ2v) is 7.44. The van der Waals surface area contributed by atoms with Gasteiger partial charge in [0.2, 0.25) is 11.8 Å². The van der Waals surface area contributed by atoms with Gasteiger partial charge >= 0.3 is 0 Å². The standard InChI is InChI=1S/C23H27ClN4O2/c1-3-27(4-2)23(30)16-28-20-12-8-7-11-19(20)26-21(28)13-14-25-22(29)15-17-9-5-6-10-18(17)24/h5-12H,3-4,13-16H2,1-2H3,(H,25,29). The van der Waals surface area contributed by atoms with Crippen LogP contribution in [0.5, 0.6) is 0 Å². The Bertz CT molecular complexity index is 1030. The molecule has 30 heavy (non-hydrogen) atoms. The van der Waals surface area contributed by atoms with E-state index in [0.29, 0.717) is 31.1 Å². The summed E-state index contributed by atoms with van der Waals surface area (Å²) in [7, 11) is 0. The average Bonchev–Trinajstić information content (AvgIpc) is 3.08. The molecule has 0 aliphatic heterocycles. The molecule has 1 N–H and O–H groups in total. The summed E-state index contributed by atoms with van der Waals surface area (Å²) in [4.78, 5) is 31.5. The minimum absolute atomic E-state index is 0.0622. The molecular formula is C23H27ClN4O2. The summed E-state index contributed by atoms with van der Waals surface area (Å²) in [5.74, 6) is 0.756. The highest BCUT2D eigenvalue weighted by Gasteiger charge is 2.16. The predicted molar refractivity (Wildman–Crippen MR) is 120 cm³/mol. The number of para-hydroxylation sites is 2. The van der Waals surface area contributed by atoms with E-state index in [2.05, 4.69) is 5.32 Å². The number of carbonyl (C=O) groups is 2. The number of rotatable bonds is 9. The fourth-order valence-corrected chi connectivity index (χ4v) is 3.70. The average molecular weight is 427 g/mol. The molecule has 3 rings (SSSR count). The number of hydrogen-bond acceptors (Lipinski definition) is 3. The van der Waals surface area contributed by atoms with Crippen LogP contribution >= 0.6 is 11.6 Å². The minimum atomic E-state index is -0.0926. The third kappa shape index (κ3) is 5.19.